The average Bonchev–Trinajstić information content (AvgIpc) is 3.41. The summed E-state index contributed by atoms with van der Waals surface area (Å²) in [5.41, 5.74) is 26.0. The molecular formula is C31H44N8O4. The highest BCUT2D eigenvalue weighted by Gasteiger charge is 2.35. The maximum atomic E-state index is 14.1. The van der Waals surface area contributed by atoms with Gasteiger partial charge < -0.3 is 37.9 Å². The molecule has 12 heteroatoms. The van der Waals surface area contributed by atoms with Crippen LogP contribution in [0.1, 0.15) is 72.1 Å². The fourth-order valence-electron chi connectivity index (χ4n) is 5.28. The van der Waals surface area contributed by atoms with Crippen molar-refractivity contribution in [2.75, 3.05) is 13.1 Å². The number of aromatic nitrogens is 2. The minimum atomic E-state index is -0.817. The van der Waals surface area contributed by atoms with Crippen LogP contribution >= 0.6 is 0 Å². The molecule has 0 aliphatic carbocycles. The summed E-state index contributed by atoms with van der Waals surface area (Å²) in [5, 5.41) is 17.3. The van der Waals surface area contributed by atoms with E-state index in [0.717, 1.165) is 35.1 Å². The van der Waals surface area contributed by atoms with Crippen LogP contribution in [-0.4, -0.2) is 46.1 Å². The highest BCUT2D eigenvalue weighted by molar-refractivity contribution is 5.87. The zero-order valence-corrected chi connectivity index (χ0v) is 25.0. The quantitative estimate of drug-likeness (QED) is 0.0767. The third kappa shape index (κ3) is 10.1. The van der Waals surface area contributed by atoms with Gasteiger partial charge in [-0.05, 0) is 93.3 Å². The summed E-state index contributed by atoms with van der Waals surface area (Å²) < 4.78 is 5.62. The Kier molecular flexibility index (Phi) is 12.5. The standard InChI is InChI=1S/C31H44N8O4/c1-19-15-22(40)16-20(2)24(19)18-25(23(28(33)41)11-8-14-36-31(34)35)29(42)37-26(12-6-7-13-32)30-38-27(39-43-30)17-21-9-4-3-5-10-21/h3-5,9-10,15-16,23,25-26,40H,6-8,11-14,17-18,32H2,1-2H3,(H2,33,41)(H,37,42)(H4,34,35,36)/t23?,25-,26+/m0/s1. The van der Waals surface area contributed by atoms with Crippen LogP contribution in [0, 0.1) is 25.7 Å². The summed E-state index contributed by atoms with van der Waals surface area (Å²) in [7, 11) is 0. The number of unbranched alkanes of at least 4 members (excludes halogenated alkanes) is 1. The van der Waals surface area contributed by atoms with Gasteiger partial charge in [-0.25, -0.2) is 0 Å². The third-order valence-electron chi connectivity index (χ3n) is 7.51. The van der Waals surface area contributed by atoms with Gasteiger partial charge in [-0.2, -0.15) is 4.98 Å². The van der Waals surface area contributed by atoms with Gasteiger partial charge in [-0.1, -0.05) is 35.5 Å². The zero-order valence-electron chi connectivity index (χ0n) is 25.0. The van der Waals surface area contributed by atoms with E-state index in [-0.39, 0.29) is 29.9 Å². The molecule has 232 valence electrons. The molecule has 0 aliphatic rings. The molecule has 0 bridgehead atoms. The van der Waals surface area contributed by atoms with E-state index in [2.05, 4.69) is 20.4 Å². The Hall–Kier alpha value is -4.45. The van der Waals surface area contributed by atoms with Gasteiger partial charge in [0.05, 0.1) is 5.92 Å². The number of carbonyl (C=O) groups excluding carboxylic acids is 2. The van der Waals surface area contributed by atoms with Crippen molar-refractivity contribution in [2.45, 2.75) is 64.8 Å². The van der Waals surface area contributed by atoms with Crippen molar-refractivity contribution in [3.63, 3.8) is 0 Å². The van der Waals surface area contributed by atoms with Crippen LogP contribution in [0.25, 0.3) is 0 Å². The maximum absolute atomic E-state index is 14.1. The van der Waals surface area contributed by atoms with E-state index in [1.54, 1.807) is 12.1 Å². The number of phenols is 1. The first-order valence-corrected chi connectivity index (χ1v) is 14.6. The summed E-state index contributed by atoms with van der Waals surface area (Å²) in [6.45, 7) is 4.52. The number of aliphatic imine (C=N–C) groups is 1. The number of nitrogens with one attached hydrogen (secondary N) is 1. The first kappa shape index (κ1) is 33.1. The molecule has 12 nitrogen and oxygen atoms in total. The van der Waals surface area contributed by atoms with Gasteiger partial charge in [0, 0.05) is 18.9 Å². The molecule has 3 rings (SSSR count). The number of hydrogen-bond donors (Lipinski definition) is 6. The van der Waals surface area contributed by atoms with E-state index in [4.69, 9.17) is 27.5 Å². The number of guanidine groups is 1. The summed E-state index contributed by atoms with van der Waals surface area (Å²) in [4.78, 5) is 35.5. The van der Waals surface area contributed by atoms with Gasteiger partial charge in [0.2, 0.25) is 17.7 Å². The van der Waals surface area contributed by atoms with E-state index >= 15 is 0 Å². The van der Waals surface area contributed by atoms with Gasteiger partial charge in [-0.15, -0.1) is 0 Å². The lowest BCUT2D eigenvalue weighted by Crippen LogP contribution is -2.43. The molecule has 0 saturated heterocycles. The van der Waals surface area contributed by atoms with E-state index in [1.165, 1.54) is 0 Å². The molecule has 1 aromatic heterocycles. The van der Waals surface area contributed by atoms with Gasteiger partial charge >= 0.3 is 0 Å². The Morgan fingerprint density at radius 1 is 1.00 bits per heavy atom. The van der Waals surface area contributed by atoms with E-state index in [9.17, 15) is 14.7 Å². The number of rotatable bonds is 17. The second-order valence-electron chi connectivity index (χ2n) is 10.9. The topological polar surface area (TPSA) is 222 Å². The first-order valence-electron chi connectivity index (χ1n) is 14.6. The van der Waals surface area contributed by atoms with Crippen molar-refractivity contribution in [3.05, 3.63) is 76.4 Å². The lowest BCUT2D eigenvalue weighted by atomic mass is 9.80. The van der Waals surface area contributed by atoms with Crippen LogP contribution in [0.15, 0.2) is 52.0 Å². The monoisotopic (exact) mass is 592 g/mol. The zero-order chi connectivity index (χ0) is 31.4. The number of phenolic OH excluding ortho intramolecular Hbond substituents is 1. The highest BCUT2D eigenvalue weighted by atomic mass is 16.5. The number of amides is 2. The largest absolute Gasteiger partial charge is 0.508 e. The molecule has 2 amide bonds. The minimum Gasteiger partial charge on any atom is -0.508 e. The molecule has 43 heavy (non-hydrogen) atoms. The number of aromatic hydroxyl groups is 1. The number of nitrogens with zero attached hydrogens (tertiary/aromatic N) is 3. The van der Waals surface area contributed by atoms with Crippen molar-refractivity contribution in [1.29, 1.82) is 0 Å². The lowest BCUT2D eigenvalue weighted by molar-refractivity contribution is -0.134. The first-order chi connectivity index (χ1) is 20.6. The summed E-state index contributed by atoms with van der Waals surface area (Å²) in [6, 6.07) is 12.5. The summed E-state index contributed by atoms with van der Waals surface area (Å²) in [6.07, 6.45) is 3.46. The Labute approximate surface area is 252 Å². The normalized spacial score (nSPS) is 13.2. The molecule has 1 heterocycles. The molecule has 0 radical (unpaired) electrons. The van der Waals surface area contributed by atoms with Gasteiger partial charge in [0.15, 0.2) is 11.8 Å². The molecular weight excluding hydrogens is 548 g/mol. The van der Waals surface area contributed by atoms with Crippen LogP contribution in [-0.2, 0) is 22.4 Å². The number of aryl methyl sites for hydroxylation is 2. The number of nitrogens with two attached hydrogens (primary N) is 4. The van der Waals surface area contributed by atoms with Crippen molar-refractivity contribution in [2.24, 2.45) is 39.8 Å². The van der Waals surface area contributed by atoms with Crippen LogP contribution in [0.3, 0.4) is 0 Å². The number of hydrogen-bond acceptors (Lipinski definition) is 8. The van der Waals surface area contributed by atoms with E-state index in [0.29, 0.717) is 44.6 Å². The third-order valence-corrected chi connectivity index (χ3v) is 7.51. The Bertz CT molecular complexity index is 1350. The lowest BCUT2D eigenvalue weighted by Gasteiger charge is -2.27. The molecule has 3 atom stereocenters. The van der Waals surface area contributed by atoms with Crippen molar-refractivity contribution >= 4 is 17.8 Å². The van der Waals surface area contributed by atoms with Crippen LogP contribution in [0.2, 0.25) is 0 Å². The number of carbonyl (C=O) groups is 2. The smallest absolute Gasteiger partial charge is 0.249 e. The second kappa shape index (κ2) is 16.3. The maximum Gasteiger partial charge on any atom is 0.249 e. The molecule has 0 fully saturated rings. The Balaban J connectivity index is 1.91. The fraction of sp³-hybridized carbons (Fsp3) is 0.452. The summed E-state index contributed by atoms with van der Waals surface area (Å²) >= 11 is 0. The van der Waals surface area contributed by atoms with Crippen molar-refractivity contribution in [3.8, 4) is 5.75 Å². The SMILES string of the molecule is Cc1cc(O)cc(C)c1C[C@H](C(=O)N[C@H](CCCCN)c1nc(Cc2ccccc2)no1)C(CCCN=C(N)N)C(N)=O. The van der Waals surface area contributed by atoms with Crippen molar-refractivity contribution in [1.82, 2.24) is 15.5 Å². The van der Waals surface area contributed by atoms with Crippen LogP contribution in [0.5, 0.6) is 5.75 Å². The van der Waals surface area contributed by atoms with Gasteiger partial charge in [0.1, 0.15) is 11.8 Å². The Morgan fingerprint density at radius 2 is 1.70 bits per heavy atom. The van der Waals surface area contributed by atoms with E-state index in [1.807, 2.05) is 44.2 Å². The Morgan fingerprint density at radius 3 is 2.33 bits per heavy atom. The predicted octanol–water partition coefficient (Wildman–Crippen LogP) is 2.28. The fourth-order valence-corrected chi connectivity index (χ4v) is 5.28. The van der Waals surface area contributed by atoms with Crippen LogP contribution < -0.4 is 28.3 Å². The molecule has 10 N–H and O–H groups in total. The predicted molar refractivity (Wildman–Crippen MR) is 165 cm³/mol. The average molecular weight is 593 g/mol. The molecule has 0 aliphatic heterocycles. The molecule has 0 saturated carbocycles. The molecule has 0 spiro atoms. The van der Waals surface area contributed by atoms with Gasteiger partial charge in [-0.3, -0.25) is 14.6 Å². The highest BCUT2D eigenvalue weighted by Crippen LogP contribution is 2.30. The number of primary amides is 1. The number of benzene rings is 2. The summed E-state index contributed by atoms with van der Waals surface area (Å²) in [5.74, 6) is -1.71. The minimum absolute atomic E-state index is 0.0493. The van der Waals surface area contributed by atoms with E-state index < -0.39 is 23.8 Å². The molecule has 1 unspecified atom stereocenters. The molecule has 2 aromatic carbocycles. The van der Waals surface area contributed by atoms with Crippen molar-refractivity contribution < 1.29 is 19.2 Å². The molecule has 3 aromatic rings. The van der Waals surface area contributed by atoms with Gasteiger partial charge in [0.25, 0.3) is 0 Å². The van der Waals surface area contributed by atoms with Crippen LogP contribution in [0.4, 0.5) is 0 Å². The second-order valence-corrected chi connectivity index (χ2v) is 10.9.